The molecule has 7 heteroatoms. The lowest BCUT2D eigenvalue weighted by Gasteiger charge is -2.63. The van der Waals surface area contributed by atoms with Gasteiger partial charge in [0.15, 0.2) is 6.29 Å². The minimum Gasteiger partial charge on any atom is -0.393 e. The molecule has 5 unspecified atom stereocenters. The van der Waals surface area contributed by atoms with E-state index in [1.807, 2.05) is 0 Å². The number of aliphatic hydroxyl groups excluding tert-OH is 2. The number of hydrogen-bond donors (Lipinski definition) is 2. The molecular formula is C28H48O6S. The second-order valence-electron chi connectivity index (χ2n) is 13.5. The Kier molecular flexibility index (Phi) is 7.18. The molecule has 2 N–H and O–H groups in total. The number of sulfone groups is 1. The first-order valence-corrected chi connectivity index (χ1v) is 16.3. The molecule has 0 spiro atoms. The van der Waals surface area contributed by atoms with E-state index in [1.54, 1.807) is 0 Å². The molecule has 1 saturated heterocycles. The number of fused-ring (bicyclic) bond motifs is 5. The van der Waals surface area contributed by atoms with Gasteiger partial charge >= 0.3 is 0 Å². The van der Waals surface area contributed by atoms with Gasteiger partial charge in [-0.3, -0.25) is 0 Å². The maximum absolute atomic E-state index is 12.0. The Morgan fingerprint density at radius 1 is 1.09 bits per heavy atom. The van der Waals surface area contributed by atoms with E-state index in [9.17, 15) is 18.6 Å². The minimum absolute atomic E-state index is 0.0332. The standard InChI is InChI=1S/C28H48O6S/c1-17-13-19(34-25-7-5-6-12-33-25)14-18-8-9-20-22(28(17,18)3)10-11-27(2)24(30)15-21(26(20)27)23(29)16-35(4,31)32/h17-26,29-30H,5-16H2,1-4H3/t17-,18-,19+,20?,21-,22?,23?,24-,25?,26?,27+,28-/m0/s1. The van der Waals surface area contributed by atoms with Crippen LogP contribution in [0.15, 0.2) is 0 Å². The molecule has 1 aliphatic heterocycles. The Labute approximate surface area is 212 Å². The second-order valence-corrected chi connectivity index (χ2v) is 15.7. The highest BCUT2D eigenvalue weighted by molar-refractivity contribution is 7.90. The largest absolute Gasteiger partial charge is 0.393 e. The maximum Gasteiger partial charge on any atom is 0.157 e. The summed E-state index contributed by atoms with van der Waals surface area (Å²) in [6.45, 7) is 7.96. The molecule has 0 aromatic heterocycles. The average Bonchev–Trinajstić information content (AvgIpc) is 3.05. The molecule has 0 amide bonds. The minimum atomic E-state index is -3.28. The van der Waals surface area contributed by atoms with Gasteiger partial charge in [-0.25, -0.2) is 8.42 Å². The van der Waals surface area contributed by atoms with Crippen molar-refractivity contribution in [1.82, 2.24) is 0 Å². The zero-order chi connectivity index (χ0) is 25.2. The van der Waals surface area contributed by atoms with Crippen LogP contribution in [0.5, 0.6) is 0 Å². The van der Waals surface area contributed by atoms with Crippen LogP contribution in [0.4, 0.5) is 0 Å². The van der Waals surface area contributed by atoms with E-state index in [1.165, 1.54) is 12.7 Å². The summed E-state index contributed by atoms with van der Waals surface area (Å²) in [7, 11) is -3.28. The summed E-state index contributed by atoms with van der Waals surface area (Å²) in [5.41, 5.74) is -0.00715. The smallest absolute Gasteiger partial charge is 0.157 e. The van der Waals surface area contributed by atoms with Crippen molar-refractivity contribution in [2.24, 2.45) is 46.3 Å². The van der Waals surface area contributed by atoms with Crippen molar-refractivity contribution in [2.45, 2.75) is 110 Å². The van der Waals surface area contributed by atoms with Gasteiger partial charge < -0.3 is 19.7 Å². The van der Waals surface area contributed by atoms with Crippen molar-refractivity contribution in [1.29, 1.82) is 0 Å². The molecular weight excluding hydrogens is 464 g/mol. The Hall–Kier alpha value is -0.210. The van der Waals surface area contributed by atoms with Crippen molar-refractivity contribution in [2.75, 3.05) is 18.6 Å². The van der Waals surface area contributed by atoms with Crippen LogP contribution >= 0.6 is 0 Å². The Balaban J connectivity index is 1.36. The van der Waals surface area contributed by atoms with Gasteiger partial charge in [0.1, 0.15) is 9.84 Å². The van der Waals surface area contributed by atoms with Crippen LogP contribution in [-0.4, -0.2) is 61.8 Å². The Morgan fingerprint density at radius 3 is 2.54 bits per heavy atom. The fraction of sp³-hybridized carbons (Fsp3) is 1.00. The molecule has 5 rings (SSSR count). The van der Waals surface area contributed by atoms with Gasteiger partial charge in [-0.1, -0.05) is 20.8 Å². The summed E-state index contributed by atoms with van der Waals surface area (Å²) in [6.07, 6.45) is 10.5. The van der Waals surface area contributed by atoms with Crippen molar-refractivity contribution in [3.8, 4) is 0 Å². The molecule has 1 heterocycles. The predicted octanol–water partition coefficient (Wildman–Crippen LogP) is 4.18. The third-order valence-corrected chi connectivity index (χ3v) is 12.6. The van der Waals surface area contributed by atoms with Gasteiger partial charge in [0.2, 0.25) is 0 Å². The molecule has 0 aromatic rings. The van der Waals surface area contributed by atoms with Gasteiger partial charge in [0.25, 0.3) is 0 Å². The van der Waals surface area contributed by atoms with E-state index in [0.29, 0.717) is 30.1 Å². The molecule has 202 valence electrons. The highest BCUT2D eigenvalue weighted by atomic mass is 32.2. The monoisotopic (exact) mass is 512 g/mol. The highest BCUT2D eigenvalue weighted by Gasteiger charge is 2.64. The van der Waals surface area contributed by atoms with Crippen LogP contribution in [0.2, 0.25) is 0 Å². The first-order chi connectivity index (χ1) is 16.4. The van der Waals surface area contributed by atoms with Crippen LogP contribution in [0.25, 0.3) is 0 Å². The first kappa shape index (κ1) is 26.4. The highest BCUT2D eigenvalue weighted by Crippen LogP contribution is 2.68. The molecule has 0 bridgehead atoms. The molecule has 5 aliphatic rings. The molecule has 6 nitrogen and oxygen atoms in total. The maximum atomic E-state index is 12.0. The SMILES string of the molecule is C[C@H]1C[C@@H](OC2CCCCO2)C[C@@H]2CCC3C(CC[C@@]4(C)C3[C@H](C(O)CS(C)(=O)=O)C[C@@H]4O)[C@]21C. The van der Waals surface area contributed by atoms with Gasteiger partial charge in [0, 0.05) is 12.9 Å². The Morgan fingerprint density at radius 2 is 1.86 bits per heavy atom. The lowest BCUT2D eigenvalue weighted by molar-refractivity contribution is -0.224. The van der Waals surface area contributed by atoms with Gasteiger partial charge in [0.05, 0.1) is 24.1 Å². The predicted molar refractivity (Wildman–Crippen MR) is 135 cm³/mol. The van der Waals surface area contributed by atoms with Crippen LogP contribution in [-0.2, 0) is 19.3 Å². The number of aliphatic hydroxyl groups is 2. The molecule has 4 aliphatic carbocycles. The van der Waals surface area contributed by atoms with Crippen molar-refractivity contribution >= 4 is 9.84 Å². The average molecular weight is 513 g/mol. The van der Waals surface area contributed by atoms with Crippen molar-refractivity contribution in [3.05, 3.63) is 0 Å². The van der Waals surface area contributed by atoms with E-state index < -0.39 is 22.0 Å². The number of rotatable bonds is 5. The van der Waals surface area contributed by atoms with E-state index >= 15 is 0 Å². The van der Waals surface area contributed by atoms with Crippen molar-refractivity contribution < 1.29 is 28.1 Å². The van der Waals surface area contributed by atoms with E-state index in [0.717, 1.165) is 58.0 Å². The normalized spacial score (nSPS) is 51.2. The molecule has 0 radical (unpaired) electrons. The molecule has 35 heavy (non-hydrogen) atoms. The lowest BCUT2D eigenvalue weighted by Crippen LogP contribution is -2.58. The lowest BCUT2D eigenvalue weighted by atomic mass is 9.42. The molecule has 5 fully saturated rings. The summed E-state index contributed by atoms with van der Waals surface area (Å²) in [4.78, 5) is 0. The quantitative estimate of drug-likeness (QED) is 0.537. The van der Waals surface area contributed by atoms with E-state index in [-0.39, 0.29) is 40.8 Å². The third kappa shape index (κ3) is 4.64. The topological polar surface area (TPSA) is 93.1 Å². The van der Waals surface area contributed by atoms with Gasteiger partial charge in [-0.2, -0.15) is 0 Å². The number of hydrogen-bond acceptors (Lipinski definition) is 6. The molecule has 12 atom stereocenters. The summed E-state index contributed by atoms with van der Waals surface area (Å²) < 4.78 is 36.4. The summed E-state index contributed by atoms with van der Waals surface area (Å²) in [6, 6.07) is 0. The van der Waals surface area contributed by atoms with Crippen LogP contribution in [0, 0.1) is 46.3 Å². The van der Waals surface area contributed by atoms with Crippen LogP contribution < -0.4 is 0 Å². The van der Waals surface area contributed by atoms with Gasteiger partial charge in [-0.05, 0) is 111 Å². The molecule has 4 saturated carbocycles. The second kappa shape index (κ2) is 9.52. The van der Waals surface area contributed by atoms with Crippen molar-refractivity contribution in [3.63, 3.8) is 0 Å². The molecule has 0 aromatic carbocycles. The zero-order valence-electron chi connectivity index (χ0n) is 22.2. The number of ether oxygens (including phenoxy) is 2. The Bertz CT molecular complexity index is 871. The fourth-order valence-corrected chi connectivity index (χ4v) is 10.7. The zero-order valence-corrected chi connectivity index (χ0v) is 23.0. The first-order valence-electron chi connectivity index (χ1n) is 14.2. The summed E-state index contributed by atoms with van der Waals surface area (Å²) in [5, 5.41) is 22.2. The van der Waals surface area contributed by atoms with Crippen LogP contribution in [0.1, 0.15) is 85.0 Å². The third-order valence-electron chi connectivity index (χ3n) is 11.7. The van der Waals surface area contributed by atoms with Crippen LogP contribution in [0.3, 0.4) is 0 Å². The van der Waals surface area contributed by atoms with Gasteiger partial charge in [-0.15, -0.1) is 0 Å². The summed E-state index contributed by atoms with van der Waals surface area (Å²) >= 11 is 0. The summed E-state index contributed by atoms with van der Waals surface area (Å²) in [5.74, 6) is 1.99. The fourth-order valence-electron chi connectivity index (χ4n) is 9.79. The van der Waals surface area contributed by atoms with E-state index in [4.69, 9.17) is 9.47 Å². The van der Waals surface area contributed by atoms with E-state index in [2.05, 4.69) is 20.8 Å².